The minimum Gasteiger partial charge on any atom is -0.544 e. The number of aliphatic carboxylic acids is 1. The van der Waals surface area contributed by atoms with Crippen molar-refractivity contribution < 1.29 is 278 Å². The Morgan fingerprint density at radius 1 is 0.380 bits per heavy atom. The molecule has 1 amide bonds. The Labute approximate surface area is 763 Å². The van der Waals surface area contributed by atoms with Crippen molar-refractivity contribution >= 4 is 17.7 Å². The standard InChI is InChI=1S/C27H47NO20.C20H36O13.C18H32O11.C12H22O6.Na/c1-7-14(34)18(38)22(11(5-31)42-7)46-26-20(40)19(39)23(12(6-32)45-26)47-27-21(41)24(16(36)10(4-30)44-27)48-25-13(28-8(2)33)17(37)15(35)9(3-29)43-25;1-6-7(2)29-10(5-22)18(33-19-15(27)13(25)11(23)8(3)30-19)17(6)32-20-16(28)14(26)12(24)9(4-21)31-20;1-7-9(3)28-12(15(24)13(7)22)6-27-18(17(25)26)4-10(20)8(2)16(29-18)14(23)11(21)5-19;1-6(8(3)14)5-17-12-7(2)10(15)11(16)9(4-13)18-12;/h7,9-27,29-32,34-41H,3-6H2,1-2H3,(H,28,33);6-28H,4-5H2,1-3H3;7-16,19-24H,4-6H2,1-3H3,(H,25,26);6-7,9-13,15-16H,4-5H2,1-3H3;/q;;;;+1/p-1/t7?,9?,10?,11?,12?,13?,14?,15-,16-,17+,18+,19+,20?,21?,22+,23-,24-,25-,26-,27+;6?,7?,8-,9?,10?,11+,12-,13?,14-,15?,16?,17+,18+,19-,20-;7?,8-,9-,10-,11-,12?,13-,14-,15+,16?,18-;6-,7?,9?,10+,11-,12-;/m0010./s1. The van der Waals surface area contributed by atoms with Crippen LogP contribution in [0.25, 0.3) is 0 Å². The van der Waals surface area contributed by atoms with E-state index in [1.807, 2.05) is 0 Å². The van der Waals surface area contributed by atoms with Crippen molar-refractivity contribution in [1.29, 1.82) is 0 Å². The Kier molecular flexibility index (Phi) is 46.2. The third kappa shape index (κ3) is 27.5. The van der Waals surface area contributed by atoms with E-state index in [-0.39, 0.29) is 53.8 Å². The third-order valence-electron chi connectivity index (χ3n) is 25.1. The summed E-state index contributed by atoms with van der Waals surface area (Å²) in [7, 11) is 0. The summed E-state index contributed by atoms with van der Waals surface area (Å²) in [4.78, 5) is 34.8. The summed E-state index contributed by atoms with van der Waals surface area (Å²) >= 11 is 0. The molecule has 30 N–H and O–H groups in total. The van der Waals surface area contributed by atoms with Gasteiger partial charge in [0.1, 0.15) is 201 Å². The summed E-state index contributed by atoms with van der Waals surface area (Å²) in [5, 5.41) is 307. The number of carboxylic acids is 1. The van der Waals surface area contributed by atoms with E-state index in [4.69, 9.17) is 90.7 Å². The topological polar surface area (TPSA) is 830 Å². The number of carbonyl (C=O) groups is 3. The van der Waals surface area contributed by atoms with Gasteiger partial charge in [0.2, 0.25) is 11.7 Å². The molecule has 0 bridgehead atoms. The molecule has 52 heteroatoms. The van der Waals surface area contributed by atoms with Crippen molar-refractivity contribution in [2.45, 2.75) is 370 Å². The number of aliphatic hydroxyl groups excluding tert-OH is 29. The van der Waals surface area contributed by atoms with E-state index in [1.54, 1.807) is 41.5 Å². The van der Waals surface area contributed by atoms with Gasteiger partial charge in [-0.25, -0.2) is 0 Å². The first-order valence-electron chi connectivity index (χ1n) is 42.3. The van der Waals surface area contributed by atoms with Crippen LogP contribution >= 0.6 is 0 Å². The van der Waals surface area contributed by atoms with E-state index in [9.17, 15) is 157 Å². The third-order valence-corrected chi connectivity index (χ3v) is 25.1. The van der Waals surface area contributed by atoms with Crippen LogP contribution in [0.1, 0.15) is 82.6 Å². The van der Waals surface area contributed by atoms with Gasteiger partial charge in [-0.05, 0) is 34.6 Å². The molecular formula is C77H136NNaO50. The Morgan fingerprint density at radius 2 is 0.752 bits per heavy atom. The van der Waals surface area contributed by atoms with Crippen LogP contribution in [-0.4, -0.2) is 519 Å². The van der Waals surface area contributed by atoms with Crippen LogP contribution in [0.15, 0.2) is 0 Å². The van der Waals surface area contributed by atoms with E-state index in [0.717, 1.165) is 6.92 Å². The zero-order chi connectivity index (χ0) is 96.2. The number of hydrogen-bond acceptors (Lipinski definition) is 50. The Balaban J connectivity index is 0.000000279. The summed E-state index contributed by atoms with van der Waals surface area (Å²) in [5.41, 5.74) is 0. The number of Topliss-reactive ketones (excluding diaryl/α,β-unsaturated/α-hetero) is 1. The number of hydrogen-bond donors (Lipinski definition) is 30. The molecule has 10 aliphatic rings. The molecule has 10 rings (SSSR count). The Morgan fingerprint density at radius 3 is 1.26 bits per heavy atom. The molecule has 0 spiro atoms. The van der Waals surface area contributed by atoms with E-state index in [0.29, 0.717) is 0 Å². The van der Waals surface area contributed by atoms with Gasteiger partial charge >= 0.3 is 29.6 Å². The fraction of sp³-hybridized carbons (Fsp3) is 0.961. The second-order valence-electron chi connectivity index (χ2n) is 34.1. The average Bonchev–Trinajstić information content (AvgIpc) is 0.782. The van der Waals surface area contributed by atoms with Crippen molar-refractivity contribution in [2.24, 2.45) is 29.6 Å². The van der Waals surface area contributed by atoms with Crippen molar-refractivity contribution in [2.75, 3.05) is 66.1 Å². The molecule has 10 fully saturated rings. The van der Waals surface area contributed by atoms with Gasteiger partial charge in [0.25, 0.3) is 0 Å². The van der Waals surface area contributed by atoms with Crippen LogP contribution in [0.4, 0.5) is 0 Å². The van der Waals surface area contributed by atoms with Crippen LogP contribution in [0.5, 0.6) is 0 Å². The van der Waals surface area contributed by atoms with Gasteiger partial charge in [0.05, 0.1) is 121 Å². The largest absolute Gasteiger partial charge is 1.00 e. The van der Waals surface area contributed by atoms with Crippen molar-refractivity contribution in [3.05, 3.63) is 0 Å². The molecule has 750 valence electrons. The minimum atomic E-state index is -2.49. The minimum absolute atomic E-state index is 0. The first-order valence-corrected chi connectivity index (χ1v) is 42.3. The fourth-order valence-electron chi connectivity index (χ4n) is 16.0. The zero-order valence-corrected chi connectivity index (χ0v) is 75.3. The van der Waals surface area contributed by atoms with Crippen molar-refractivity contribution in [1.82, 2.24) is 5.32 Å². The maximum absolute atomic E-state index is 11.9. The number of ketones is 1. The molecule has 0 aliphatic carbocycles. The van der Waals surface area contributed by atoms with E-state index in [1.165, 1.54) is 27.7 Å². The van der Waals surface area contributed by atoms with Crippen LogP contribution < -0.4 is 40.0 Å². The molecule has 129 heavy (non-hydrogen) atoms. The maximum Gasteiger partial charge on any atom is 1.00 e. The summed E-state index contributed by atoms with van der Waals surface area (Å²) in [6, 6.07) is -1.48. The van der Waals surface area contributed by atoms with Gasteiger partial charge in [0.15, 0.2) is 37.7 Å². The van der Waals surface area contributed by atoms with Crippen LogP contribution in [-0.2, 0) is 94.9 Å². The summed E-state index contributed by atoms with van der Waals surface area (Å²) < 4.78 is 94.9. The molecule has 10 heterocycles. The molecule has 10 aliphatic heterocycles. The summed E-state index contributed by atoms with van der Waals surface area (Å²) in [6.45, 7) is 11.4. The zero-order valence-electron chi connectivity index (χ0n) is 73.3. The Bertz CT molecular complexity index is 3290. The quantitative estimate of drug-likeness (QED) is 0.0309. The normalized spacial score (nSPS) is 48.0. The molecule has 0 radical (unpaired) electrons. The second-order valence-corrected chi connectivity index (χ2v) is 34.1. The monoisotopic (exact) mass is 1900 g/mol. The van der Waals surface area contributed by atoms with Crippen molar-refractivity contribution in [3.8, 4) is 0 Å². The van der Waals surface area contributed by atoms with Crippen LogP contribution in [0.3, 0.4) is 0 Å². The molecule has 0 aromatic rings. The number of rotatable bonds is 29. The predicted octanol–water partition coefficient (Wildman–Crippen LogP) is -20.3. The summed E-state index contributed by atoms with van der Waals surface area (Å²) in [6.07, 6.45) is -63.0. The van der Waals surface area contributed by atoms with Crippen molar-refractivity contribution in [3.63, 3.8) is 0 Å². The molecule has 0 saturated carbocycles. The number of nitrogens with one attached hydrogen (secondary N) is 1. The predicted molar refractivity (Wildman–Crippen MR) is 411 cm³/mol. The van der Waals surface area contributed by atoms with E-state index >= 15 is 0 Å². The van der Waals surface area contributed by atoms with E-state index in [2.05, 4.69) is 5.32 Å². The van der Waals surface area contributed by atoms with Gasteiger partial charge in [-0.3, -0.25) is 9.59 Å². The number of ether oxygens (including phenoxy) is 17. The fourth-order valence-corrected chi connectivity index (χ4v) is 16.0. The van der Waals surface area contributed by atoms with Gasteiger partial charge in [-0.15, -0.1) is 0 Å². The molecule has 51 nitrogen and oxygen atoms in total. The number of amides is 1. The smallest absolute Gasteiger partial charge is 0.544 e. The van der Waals surface area contributed by atoms with Crippen LogP contribution in [0.2, 0.25) is 0 Å². The Hall–Kier alpha value is -2.23. The first kappa shape index (κ1) is 115. The second kappa shape index (κ2) is 51.6. The average molecular weight is 1900 g/mol. The molecular weight excluding hydrogens is 1760 g/mol. The first-order chi connectivity index (χ1) is 60.0. The molecule has 52 atom stereocenters. The number of carboxylic acid groups (broad SMARTS) is 1. The molecule has 0 aromatic heterocycles. The summed E-state index contributed by atoms with van der Waals surface area (Å²) in [5.74, 6) is -7.24. The van der Waals surface area contributed by atoms with E-state index < -0.39 is 383 Å². The van der Waals surface area contributed by atoms with Gasteiger partial charge in [-0.2, -0.15) is 0 Å². The molecule has 10 saturated heterocycles. The number of aliphatic hydroxyl groups is 29. The maximum atomic E-state index is 11.9. The van der Waals surface area contributed by atoms with Gasteiger partial charge in [0, 0.05) is 42.9 Å². The molecule has 0 aromatic carbocycles. The SMILES string of the molecule is CC(=O)NC1[C@H](O[C@@H]2C(O)[C@@H](O[C@H]3C(CO)O[C@@H](O[C@@H]4C(CO)OC(C)C(O)[C@H]4O)C(O)[C@H]3O)OC(CO)[C@@H]2O)OC(CO)[C@H](O)[C@@H]1O.CC(=O)[C@@H](C)CO[C@H]1OC(CO)[C@H](O)[C@H](O)C1C.CC1OC(CO)[C@@H](O[C@@H]2O[C@@H](C)[C@@H](O)C(O)C2O)[C@H](O[C@@H]2OC(CO)[C@H](O)[C@H](O)C2O)C1C.CC1[C@@H](O)[C@@H](O)C(CO[C@]2(C(=O)[O-])C[C@@H](O)[C@@H](C)C([C@H](O)[C@H](O)CO)O2)O[C@@H]1C.[Na+]. The number of carbonyl (C=O) groups excluding carboxylic acids is 3. The van der Waals surface area contributed by atoms with Crippen LogP contribution in [0, 0.1) is 29.6 Å². The molecule has 21 unspecified atom stereocenters. The van der Waals surface area contributed by atoms with Gasteiger partial charge < -0.3 is 244 Å². The van der Waals surface area contributed by atoms with Gasteiger partial charge in [-0.1, -0.05) is 34.6 Å².